The molecule has 0 saturated heterocycles. The fourth-order valence-electron chi connectivity index (χ4n) is 1.64. The molecule has 0 fully saturated rings. The molecular weight excluding hydrogens is 293 g/mol. The Bertz CT molecular complexity index is 659. The van der Waals surface area contributed by atoms with E-state index in [9.17, 15) is 0 Å². The van der Waals surface area contributed by atoms with E-state index in [1.54, 1.807) is 6.07 Å². The molecule has 2 aromatic rings. The first kappa shape index (κ1) is 14.7. The van der Waals surface area contributed by atoms with Crippen molar-refractivity contribution >= 4 is 23.2 Å². The van der Waals surface area contributed by atoms with Gasteiger partial charge in [0.25, 0.3) is 0 Å². The van der Waals surface area contributed by atoms with Gasteiger partial charge in [0.2, 0.25) is 0 Å². The van der Waals surface area contributed by atoms with Gasteiger partial charge in [-0.25, -0.2) is 0 Å². The summed E-state index contributed by atoms with van der Waals surface area (Å²) in [4.78, 5) is 0. The second-order valence-electron chi connectivity index (χ2n) is 4.04. The Labute approximate surface area is 128 Å². The summed E-state index contributed by atoms with van der Waals surface area (Å²) in [6.45, 7) is 0.691. The van der Waals surface area contributed by atoms with Crippen LogP contribution in [0.2, 0.25) is 10.0 Å². The van der Waals surface area contributed by atoms with Crippen LogP contribution < -0.4 is 10.5 Å². The maximum atomic E-state index is 6.11. The van der Waals surface area contributed by atoms with Crippen LogP contribution in [0.1, 0.15) is 11.1 Å². The summed E-state index contributed by atoms with van der Waals surface area (Å²) < 4.78 is 5.71. The first-order valence-corrected chi connectivity index (χ1v) is 6.81. The Morgan fingerprint density at radius 2 is 1.90 bits per heavy atom. The Hall–Kier alpha value is -1.66. The highest BCUT2D eigenvalue weighted by molar-refractivity contribution is 6.42. The third-order valence-corrected chi connectivity index (χ3v) is 3.45. The van der Waals surface area contributed by atoms with Gasteiger partial charge in [0, 0.05) is 11.1 Å². The van der Waals surface area contributed by atoms with Crippen LogP contribution in [0, 0.1) is 11.8 Å². The van der Waals surface area contributed by atoms with Gasteiger partial charge in [0.05, 0.1) is 16.6 Å². The molecule has 0 unspecified atom stereocenters. The molecule has 4 heteroatoms. The van der Waals surface area contributed by atoms with E-state index in [0.29, 0.717) is 23.2 Å². The van der Waals surface area contributed by atoms with E-state index in [0.717, 1.165) is 16.9 Å². The van der Waals surface area contributed by atoms with Crippen molar-refractivity contribution < 1.29 is 4.74 Å². The van der Waals surface area contributed by atoms with Gasteiger partial charge in [-0.05, 0) is 24.3 Å². The van der Waals surface area contributed by atoms with Gasteiger partial charge >= 0.3 is 0 Å². The summed E-state index contributed by atoms with van der Waals surface area (Å²) in [6, 6.07) is 13.0. The number of hydrogen-bond acceptors (Lipinski definition) is 2. The molecule has 0 radical (unpaired) electrons. The molecule has 2 aromatic carbocycles. The van der Waals surface area contributed by atoms with Crippen LogP contribution in [0.15, 0.2) is 42.5 Å². The van der Waals surface area contributed by atoms with Crippen molar-refractivity contribution in [2.24, 2.45) is 5.73 Å². The molecule has 2 nitrogen and oxygen atoms in total. The molecule has 0 amide bonds. The fraction of sp³-hybridized carbons (Fsp3) is 0.125. The standard InChI is InChI=1S/C16H13Cl2NO/c17-15-8-2-6-13(16(15)18)11-20-14-7-1-4-12(10-14)5-3-9-19/h1-2,4,6-8,10H,9,11,19H2. The predicted molar refractivity (Wildman–Crippen MR) is 83.2 cm³/mol. The van der Waals surface area contributed by atoms with Crippen molar-refractivity contribution in [2.75, 3.05) is 6.54 Å². The minimum atomic E-state index is 0.337. The zero-order chi connectivity index (χ0) is 14.4. The highest BCUT2D eigenvalue weighted by Crippen LogP contribution is 2.26. The molecule has 0 aliphatic rings. The SMILES string of the molecule is NCC#Cc1cccc(OCc2cccc(Cl)c2Cl)c1. The molecule has 0 atom stereocenters. The average molecular weight is 306 g/mol. The molecule has 20 heavy (non-hydrogen) atoms. The van der Waals surface area contributed by atoms with Crippen LogP contribution in [0.5, 0.6) is 5.75 Å². The van der Waals surface area contributed by atoms with Crippen LogP contribution in [-0.2, 0) is 6.61 Å². The Kier molecular flexibility index (Phi) is 5.31. The van der Waals surface area contributed by atoms with Crippen molar-refractivity contribution in [3.63, 3.8) is 0 Å². The summed E-state index contributed by atoms with van der Waals surface area (Å²) in [5.41, 5.74) is 7.06. The second-order valence-corrected chi connectivity index (χ2v) is 4.82. The largest absolute Gasteiger partial charge is 0.489 e. The van der Waals surface area contributed by atoms with E-state index in [4.69, 9.17) is 33.7 Å². The third kappa shape index (κ3) is 3.91. The Morgan fingerprint density at radius 3 is 2.70 bits per heavy atom. The number of benzene rings is 2. The summed E-state index contributed by atoms with van der Waals surface area (Å²) in [5.74, 6) is 6.49. The predicted octanol–water partition coefficient (Wildman–Crippen LogP) is 3.88. The molecule has 0 aromatic heterocycles. The van der Waals surface area contributed by atoms with E-state index >= 15 is 0 Å². The Balaban J connectivity index is 2.09. The Morgan fingerprint density at radius 1 is 1.10 bits per heavy atom. The highest BCUT2D eigenvalue weighted by atomic mass is 35.5. The smallest absolute Gasteiger partial charge is 0.121 e. The third-order valence-electron chi connectivity index (χ3n) is 2.59. The van der Waals surface area contributed by atoms with Crippen molar-refractivity contribution in [2.45, 2.75) is 6.61 Å². The van der Waals surface area contributed by atoms with E-state index in [1.165, 1.54) is 0 Å². The summed E-state index contributed by atoms with van der Waals surface area (Å²) in [6.07, 6.45) is 0. The molecule has 0 heterocycles. The number of halogens is 2. The van der Waals surface area contributed by atoms with Crippen molar-refractivity contribution in [1.82, 2.24) is 0 Å². The minimum absolute atomic E-state index is 0.337. The molecule has 0 aliphatic heterocycles. The van der Waals surface area contributed by atoms with Gasteiger partial charge in [0.1, 0.15) is 12.4 Å². The molecule has 2 N–H and O–H groups in total. The zero-order valence-electron chi connectivity index (χ0n) is 10.7. The quantitative estimate of drug-likeness (QED) is 0.873. The lowest BCUT2D eigenvalue weighted by Gasteiger charge is -2.08. The van der Waals surface area contributed by atoms with Crippen LogP contribution in [0.25, 0.3) is 0 Å². The monoisotopic (exact) mass is 305 g/mol. The van der Waals surface area contributed by atoms with Gasteiger partial charge < -0.3 is 10.5 Å². The van der Waals surface area contributed by atoms with Crippen molar-refractivity contribution in [3.05, 3.63) is 63.6 Å². The summed E-state index contributed by atoms with van der Waals surface area (Å²) in [7, 11) is 0. The van der Waals surface area contributed by atoms with Gasteiger partial charge in [-0.3, -0.25) is 0 Å². The van der Waals surface area contributed by atoms with Gasteiger partial charge in [-0.15, -0.1) is 0 Å². The maximum absolute atomic E-state index is 6.11. The first-order chi connectivity index (χ1) is 9.70. The maximum Gasteiger partial charge on any atom is 0.121 e. The van der Waals surface area contributed by atoms with Crippen LogP contribution in [0.3, 0.4) is 0 Å². The average Bonchev–Trinajstić information content (AvgIpc) is 2.47. The summed E-state index contributed by atoms with van der Waals surface area (Å²) >= 11 is 12.1. The van der Waals surface area contributed by atoms with E-state index in [1.807, 2.05) is 36.4 Å². The lowest BCUT2D eigenvalue weighted by atomic mass is 10.2. The van der Waals surface area contributed by atoms with Crippen LogP contribution in [0.4, 0.5) is 0 Å². The lowest BCUT2D eigenvalue weighted by Crippen LogP contribution is -1.97. The van der Waals surface area contributed by atoms with Crippen molar-refractivity contribution in [1.29, 1.82) is 0 Å². The number of rotatable bonds is 3. The number of hydrogen-bond donors (Lipinski definition) is 1. The zero-order valence-corrected chi connectivity index (χ0v) is 12.2. The van der Waals surface area contributed by atoms with Crippen LogP contribution >= 0.6 is 23.2 Å². The molecule has 0 spiro atoms. The van der Waals surface area contributed by atoms with E-state index in [2.05, 4.69) is 11.8 Å². The van der Waals surface area contributed by atoms with Crippen molar-refractivity contribution in [3.8, 4) is 17.6 Å². The molecule has 2 rings (SSSR count). The lowest BCUT2D eigenvalue weighted by molar-refractivity contribution is 0.306. The minimum Gasteiger partial charge on any atom is -0.489 e. The fourth-order valence-corrected chi connectivity index (χ4v) is 2.01. The molecule has 0 bridgehead atoms. The van der Waals surface area contributed by atoms with E-state index in [-0.39, 0.29) is 0 Å². The number of nitrogens with two attached hydrogens (primary N) is 1. The number of ether oxygens (including phenoxy) is 1. The van der Waals surface area contributed by atoms with Gasteiger partial charge in [-0.2, -0.15) is 0 Å². The molecule has 102 valence electrons. The molecular formula is C16H13Cl2NO. The second kappa shape index (κ2) is 7.21. The normalized spacial score (nSPS) is 9.75. The highest BCUT2D eigenvalue weighted by Gasteiger charge is 2.05. The van der Waals surface area contributed by atoms with Gasteiger partial charge in [0.15, 0.2) is 0 Å². The topological polar surface area (TPSA) is 35.2 Å². The van der Waals surface area contributed by atoms with Crippen LogP contribution in [-0.4, -0.2) is 6.54 Å². The van der Waals surface area contributed by atoms with Gasteiger partial charge in [-0.1, -0.05) is 53.2 Å². The van der Waals surface area contributed by atoms with E-state index < -0.39 is 0 Å². The summed E-state index contributed by atoms with van der Waals surface area (Å²) in [5, 5.41) is 1.04. The first-order valence-electron chi connectivity index (χ1n) is 6.05. The molecule has 0 saturated carbocycles. The molecule has 0 aliphatic carbocycles.